The number of aryl methyl sites for hydroxylation is 3. The fourth-order valence-electron chi connectivity index (χ4n) is 2.11. The maximum Gasteiger partial charge on any atom is 0.335 e. The first kappa shape index (κ1) is 12.4. The lowest BCUT2D eigenvalue weighted by molar-refractivity contribution is 0.0697. The second kappa shape index (κ2) is 4.65. The van der Waals surface area contributed by atoms with Gasteiger partial charge in [-0.3, -0.25) is 0 Å². The van der Waals surface area contributed by atoms with Crippen molar-refractivity contribution >= 4 is 5.97 Å². The molecule has 0 amide bonds. The second-order valence-corrected chi connectivity index (χ2v) is 4.71. The maximum atomic E-state index is 11.1. The zero-order valence-corrected chi connectivity index (χ0v) is 10.8. The Balaban J connectivity index is 2.63. The van der Waals surface area contributed by atoms with E-state index >= 15 is 0 Å². The van der Waals surface area contributed by atoms with Crippen molar-refractivity contribution in [2.75, 3.05) is 0 Å². The molecule has 0 bridgehead atoms. The van der Waals surface area contributed by atoms with Crippen molar-refractivity contribution in [2.45, 2.75) is 20.8 Å². The molecule has 0 aliphatic rings. The molecule has 92 valence electrons. The van der Waals surface area contributed by atoms with Crippen LogP contribution in [-0.2, 0) is 0 Å². The Bertz CT molecular complexity index is 612. The summed E-state index contributed by atoms with van der Waals surface area (Å²) in [5.41, 5.74) is 5.70. The predicted molar refractivity (Wildman–Crippen MR) is 73.0 cm³/mol. The molecule has 0 unspecified atom stereocenters. The summed E-state index contributed by atoms with van der Waals surface area (Å²) in [5, 5.41) is 9.10. The summed E-state index contributed by atoms with van der Waals surface area (Å²) in [7, 11) is 0. The van der Waals surface area contributed by atoms with Crippen molar-refractivity contribution in [3.8, 4) is 11.1 Å². The summed E-state index contributed by atoms with van der Waals surface area (Å²) in [6.45, 7) is 6.00. The van der Waals surface area contributed by atoms with Crippen molar-refractivity contribution in [1.29, 1.82) is 0 Å². The van der Waals surface area contributed by atoms with Crippen molar-refractivity contribution in [2.24, 2.45) is 0 Å². The SMILES string of the molecule is Cc1cc(C(=O)O)cc(-c2cc(C)ccc2C)c1. The quantitative estimate of drug-likeness (QED) is 0.862. The van der Waals surface area contributed by atoms with E-state index in [1.807, 2.05) is 26.8 Å². The average molecular weight is 240 g/mol. The Kier molecular flexibility index (Phi) is 3.19. The lowest BCUT2D eigenvalue weighted by Gasteiger charge is -2.09. The fourth-order valence-corrected chi connectivity index (χ4v) is 2.11. The van der Waals surface area contributed by atoms with Crippen LogP contribution in [0.5, 0.6) is 0 Å². The monoisotopic (exact) mass is 240 g/mol. The molecule has 18 heavy (non-hydrogen) atoms. The van der Waals surface area contributed by atoms with Crippen LogP contribution in [0.4, 0.5) is 0 Å². The topological polar surface area (TPSA) is 37.3 Å². The molecule has 2 rings (SSSR count). The van der Waals surface area contributed by atoms with Crippen LogP contribution in [0.3, 0.4) is 0 Å². The number of benzene rings is 2. The van der Waals surface area contributed by atoms with Crippen LogP contribution in [0.1, 0.15) is 27.0 Å². The lowest BCUT2D eigenvalue weighted by atomic mass is 9.95. The highest BCUT2D eigenvalue weighted by molar-refractivity contribution is 5.90. The molecular weight excluding hydrogens is 224 g/mol. The number of carbonyl (C=O) groups is 1. The van der Waals surface area contributed by atoms with Crippen LogP contribution in [0, 0.1) is 20.8 Å². The summed E-state index contributed by atoms with van der Waals surface area (Å²) in [6, 6.07) is 11.7. The van der Waals surface area contributed by atoms with Crippen molar-refractivity contribution in [3.63, 3.8) is 0 Å². The zero-order chi connectivity index (χ0) is 13.3. The van der Waals surface area contributed by atoms with E-state index in [-0.39, 0.29) is 0 Å². The van der Waals surface area contributed by atoms with E-state index < -0.39 is 5.97 Å². The van der Waals surface area contributed by atoms with Crippen molar-refractivity contribution < 1.29 is 9.90 Å². The van der Waals surface area contributed by atoms with Gasteiger partial charge in [-0.25, -0.2) is 4.79 Å². The first-order valence-corrected chi connectivity index (χ1v) is 5.90. The molecule has 0 aliphatic heterocycles. The molecule has 2 nitrogen and oxygen atoms in total. The molecule has 2 aromatic rings. The van der Waals surface area contributed by atoms with Crippen LogP contribution in [0.25, 0.3) is 11.1 Å². The second-order valence-electron chi connectivity index (χ2n) is 4.71. The zero-order valence-electron chi connectivity index (χ0n) is 10.8. The van der Waals surface area contributed by atoms with Gasteiger partial charge >= 0.3 is 5.97 Å². The van der Waals surface area contributed by atoms with Gasteiger partial charge in [0.1, 0.15) is 0 Å². The minimum absolute atomic E-state index is 0.339. The Morgan fingerprint density at radius 3 is 2.33 bits per heavy atom. The molecule has 0 heterocycles. The number of aromatic carboxylic acids is 1. The van der Waals surface area contributed by atoms with Crippen LogP contribution >= 0.6 is 0 Å². The minimum Gasteiger partial charge on any atom is -0.478 e. The summed E-state index contributed by atoms with van der Waals surface area (Å²) >= 11 is 0. The molecule has 0 spiro atoms. The van der Waals surface area contributed by atoms with E-state index in [1.54, 1.807) is 12.1 Å². The molecule has 0 saturated heterocycles. The van der Waals surface area contributed by atoms with Crippen LogP contribution in [0.15, 0.2) is 36.4 Å². The van der Waals surface area contributed by atoms with Gasteiger partial charge in [-0.15, -0.1) is 0 Å². The van der Waals surface area contributed by atoms with Gasteiger partial charge in [0.05, 0.1) is 5.56 Å². The lowest BCUT2D eigenvalue weighted by Crippen LogP contribution is -1.97. The first-order chi connectivity index (χ1) is 8.47. The van der Waals surface area contributed by atoms with E-state index in [9.17, 15) is 4.79 Å². The normalized spacial score (nSPS) is 10.4. The highest BCUT2D eigenvalue weighted by Gasteiger charge is 2.08. The fraction of sp³-hybridized carbons (Fsp3) is 0.188. The molecule has 0 radical (unpaired) electrons. The van der Waals surface area contributed by atoms with Gasteiger partial charge in [-0.05, 0) is 55.2 Å². The van der Waals surface area contributed by atoms with Gasteiger partial charge in [0.2, 0.25) is 0 Å². The van der Waals surface area contributed by atoms with Crippen molar-refractivity contribution in [1.82, 2.24) is 0 Å². The molecule has 0 atom stereocenters. The van der Waals surface area contributed by atoms with E-state index in [2.05, 4.69) is 18.2 Å². The Morgan fingerprint density at radius 1 is 0.944 bits per heavy atom. The number of hydrogen-bond acceptors (Lipinski definition) is 1. The van der Waals surface area contributed by atoms with Gasteiger partial charge in [0, 0.05) is 0 Å². The molecule has 1 N–H and O–H groups in total. The summed E-state index contributed by atoms with van der Waals surface area (Å²) in [5.74, 6) is -0.884. The number of carboxylic acid groups (broad SMARTS) is 1. The third-order valence-electron chi connectivity index (χ3n) is 3.03. The predicted octanol–water partition coefficient (Wildman–Crippen LogP) is 3.98. The van der Waals surface area contributed by atoms with Gasteiger partial charge < -0.3 is 5.11 Å². The Morgan fingerprint density at radius 2 is 1.67 bits per heavy atom. The van der Waals surface area contributed by atoms with E-state index in [1.165, 1.54) is 5.56 Å². The molecule has 0 fully saturated rings. The largest absolute Gasteiger partial charge is 0.478 e. The number of hydrogen-bond donors (Lipinski definition) is 1. The third kappa shape index (κ3) is 2.43. The van der Waals surface area contributed by atoms with Gasteiger partial charge in [-0.2, -0.15) is 0 Å². The molecule has 2 heteroatoms. The number of rotatable bonds is 2. The standard InChI is InChI=1S/C16H16O2/c1-10-4-5-12(3)15(8-10)13-6-11(2)7-14(9-13)16(17)18/h4-9H,1-3H3,(H,17,18). The summed E-state index contributed by atoms with van der Waals surface area (Å²) in [6.07, 6.45) is 0. The van der Waals surface area contributed by atoms with Gasteiger partial charge in [0.15, 0.2) is 0 Å². The summed E-state index contributed by atoms with van der Waals surface area (Å²) < 4.78 is 0. The minimum atomic E-state index is -0.884. The van der Waals surface area contributed by atoms with Crippen LogP contribution in [-0.4, -0.2) is 11.1 Å². The van der Waals surface area contributed by atoms with Crippen molar-refractivity contribution in [3.05, 3.63) is 58.7 Å². The average Bonchev–Trinajstić information content (AvgIpc) is 2.31. The van der Waals surface area contributed by atoms with E-state index in [4.69, 9.17) is 5.11 Å². The molecule has 2 aromatic carbocycles. The van der Waals surface area contributed by atoms with E-state index in [0.29, 0.717) is 5.56 Å². The molecular formula is C16H16O2. The highest BCUT2D eigenvalue weighted by atomic mass is 16.4. The Hall–Kier alpha value is -2.09. The maximum absolute atomic E-state index is 11.1. The molecule has 0 aliphatic carbocycles. The molecule has 0 aromatic heterocycles. The number of carboxylic acids is 1. The Labute approximate surface area is 107 Å². The highest BCUT2D eigenvalue weighted by Crippen LogP contribution is 2.26. The third-order valence-corrected chi connectivity index (χ3v) is 3.03. The van der Waals surface area contributed by atoms with Gasteiger partial charge in [0.25, 0.3) is 0 Å². The van der Waals surface area contributed by atoms with E-state index in [0.717, 1.165) is 22.3 Å². The van der Waals surface area contributed by atoms with Crippen LogP contribution in [0.2, 0.25) is 0 Å². The summed E-state index contributed by atoms with van der Waals surface area (Å²) in [4.78, 5) is 11.1. The van der Waals surface area contributed by atoms with Crippen LogP contribution < -0.4 is 0 Å². The molecule has 0 saturated carbocycles. The smallest absolute Gasteiger partial charge is 0.335 e. The van der Waals surface area contributed by atoms with Gasteiger partial charge in [-0.1, -0.05) is 29.8 Å². The first-order valence-electron chi connectivity index (χ1n) is 5.90.